The summed E-state index contributed by atoms with van der Waals surface area (Å²) in [4.78, 5) is 16.1. The zero-order chi connectivity index (χ0) is 24.4. The first kappa shape index (κ1) is 23.6. The van der Waals surface area contributed by atoms with Gasteiger partial charge in [-0.05, 0) is 56.4 Å². The van der Waals surface area contributed by atoms with Gasteiger partial charge < -0.3 is 15.0 Å². The minimum atomic E-state index is -0.0612. The topological polar surface area (TPSA) is 84.8 Å². The van der Waals surface area contributed by atoms with Gasteiger partial charge >= 0.3 is 0 Å². The molecule has 1 saturated heterocycles. The van der Waals surface area contributed by atoms with E-state index in [1.807, 2.05) is 25.3 Å². The van der Waals surface area contributed by atoms with E-state index in [2.05, 4.69) is 69.2 Å². The third kappa shape index (κ3) is 5.13. The average Bonchev–Trinajstić information content (AvgIpc) is 3.60. The van der Waals surface area contributed by atoms with Crippen molar-refractivity contribution in [1.82, 2.24) is 25.1 Å². The maximum absolute atomic E-state index is 12.8. The molecule has 1 fully saturated rings. The standard InChI is InChI=1S/C27H31N5O2S/c1-17-10-11-20(13-18(17)2)19(3)29-25(33)16-35-27-31-30-26(32(27)15-21-7-6-12-34-21)23-14-28-24-9-5-4-8-22(23)24/h4-5,8-11,13-14,19,21,28H,6-7,12,15-16H2,1-3H3,(H,29,33). The van der Waals surface area contributed by atoms with Crippen LogP contribution in [-0.4, -0.2) is 44.1 Å². The summed E-state index contributed by atoms with van der Waals surface area (Å²) in [6.07, 6.45) is 4.19. The Morgan fingerprint density at radius 1 is 1.23 bits per heavy atom. The fraction of sp³-hybridized carbons (Fsp3) is 0.370. The maximum atomic E-state index is 12.8. The van der Waals surface area contributed by atoms with Gasteiger partial charge in [-0.2, -0.15) is 0 Å². The average molecular weight is 490 g/mol. The Hall–Kier alpha value is -3.10. The van der Waals surface area contributed by atoms with E-state index in [-0.39, 0.29) is 23.8 Å². The molecule has 0 radical (unpaired) electrons. The Morgan fingerprint density at radius 2 is 2.09 bits per heavy atom. The molecule has 2 atom stereocenters. The molecule has 182 valence electrons. The minimum Gasteiger partial charge on any atom is -0.376 e. The van der Waals surface area contributed by atoms with Gasteiger partial charge in [0.1, 0.15) is 0 Å². The van der Waals surface area contributed by atoms with Gasteiger partial charge in [0.15, 0.2) is 11.0 Å². The molecule has 1 aliphatic rings. The van der Waals surface area contributed by atoms with Crippen molar-refractivity contribution in [3.63, 3.8) is 0 Å². The first-order valence-electron chi connectivity index (χ1n) is 12.1. The quantitative estimate of drug-likeness (QED) is 0.333. The number of ether oxygens (including phenoxy) is 1. The number of hydrogen-bond donors (Lipinski definition) is 2. The van der Waals surface area contributed by atoms with E-state index in [1.165, 1.54) is 22.9 Å². The van der Waals surface area contributed by atoms with E-state index < -0.39 is 0 Å². The number of nitrogens with one attached hydrogen (secondary N) is 2. The Bertz CT molecular complexity index is 1340. The number of aromatic nitrogens is 4. The SMILES string of the molecule is Cc1ccc(C(C)NC(=O)CSc2nnc(-c3c[nH]c4ccccc34)n2CC2CCCO2)cc1C. The molecule has 1 amide bonds. The molecule has 4 aromatic rings. The van der Waals surface area contributed by atoms with Crippen molar-refractivity contribution in [3.05, 3.63) is 65.4 Å². The summed E-state index contributed by atoms with van der Waals surface area (Å²) in [6, 6.07) is 14.4. The number of fused-ring (bicyclic) bond motifs is 1. The molecule has 2 aromatic heterocycles. The molecule has 1 aliphatic heterocycles. The fourth-order valence-corrected chi connectivity index (χ4v) is 5.30. The summed E-state index contributed by atoms with van der Waals surface area (Å²) in [5.74, 6) is 1.04. The van der Waals surface area contributed by atoms with Gasteiger partial charge in [-0.25, -0.2) is 0 Å². The van der Waals surface area contributed by atoms with Crippen molar-refractivity contribution in [1.29, 1.82) is 0 Å². The second kappa shape index (κ2) is 10.3. The van der Waals surface area contributed by atoms with Crippen LogP contribution in [0.4, 0.5) is 0 Å². The molecule has 5 rings (SSSR count). The first-order valence-corrected chi connectivity index (χ1v) is 13.1. The lowest BCUT2D eigenvalue weighted by Gasteiger charge is -2.16. The highest BCUT2D eigenvalue weighted by Crippen LogP contribution is 2.31. The highest BCUT2D eigenvalue weighted by atomic mass is 32.2. The van der Waals surface area contributed by atoms with Gasteiger partial charge in [0, 0.05) is 29.3 Å². The van der Waals surface area contributed by atoms with Gasteiger partial charge in [-0.3, -0.25) is 9.36 Å². The van der Waals surface area contributed by atoms with E-state index in [9.17, 15) is 4.79 Å². The lowest BCUT2D eigenvalue weighted by molar-refractivity contribution is -0.119. The Morgan fingerprint density at radius 3 is 2.89 bits per heavy atom. The van der Waals surface area contributed by atoms with Crippen LogP contribution in [0.1, 0.15) is 42.5 Å². The van der Waals surface area contributed by atoms with Crippen molar-refractivity contribution in [2.45, 2.75) is 57.5 Å². The number of para-hydroxylation sites is 1. The van der Waals surface area contributed by atoms with Crippen molar-refractivity contribution < 1.29 is 9.53 Å². The normalized spacial score (nSPS) is 16.6. The number of carbonyl (C=O) groups is 1. The molecule has 2 unspecified atom stereocenters. The number of aryl methyl sites for hydroxylation is 2. The first-order chi connectivity index (χ1) is 17.0. The van der Waals surface area contributed by atoms with E-state index in [1.54, 1.807) is 0 Å². The van der Waals surface area contributed by atoms with E-state index in [0.29, 0.717) is 6.54 Å². The second-order valence-electron chi connectivity index (χ2n) is 9.22. The molecule has 2 N–H and O–H groups in total. The van der Waals surface area contributed by atoms with Crippen LogP contribution in [0.25, 0.3) is 22.3 Å². The largest absolute Gasteiger partial charge is 0.376 e. The summed E-state index contributed by atoms with van der Waals surface area (Å²) >= 11 is 1.42. The molecule has 7 nitrogen and oxygen atoms in total. The van der Waals surface area contributed by atoms with Crippen LogP contribution in [0.3, 0.4) is 0 Å². The maximum Gasteiger partial charge on any atom is 0.230 e. The van der Waals surface area contributed by atoms with Crippen molar-refractivity contribution in [2.24, 2.45) is 0 Å². The van der Waals surface area contributed by atoms with Gasteiger partial charge in [0.25, 0.3) is 0 Å². The molecule has 2 aromatic carbocycles. The third-order valence-corrected chi connectivity index (χ3v) is 7.66. The predicted octanol–water partition coefficient (Wildman–Crippen LogP) is 5.19. The van der Waals surface area contributed by atoms with Crippen LogP contribution in [0.15, 0.2) is 53.8 Å². The Balaban J connectivity index is 1.33. The van der Waals surface area contributed by atoms with Crippen molar-refractivity contribution >= 4 is 28.6 Å². The molecule has 0 saturated carbocycles. The monoisotopic (exact) mass is 489 g/mol. The van der Waals surface area contributed by atoms with Gasteiger partial charge in [0.05, 0.1) is 24.4 Å². The lowest BCUT2D eigenvalue weighted by atomic mass is 10.0. The Kier molecular flexibility index (Phi) is 6.92. The number of nitrogens with zero attached hydrogens (tertiary/aromatic N) is 3. The number of rotatable bonds is 8. The van der Waals surface area contributed by atoms with Crippen molar-refractivity contribution in [2.75, 3.05) is 12.4 Å². The molecule has 8 heteroatoms. The zero-order valence-electron chi connectivity index (χ0n) is 20.4. The van der Waals surface area contributed by atoms with E-state index in [4.69, 9.17) is 4.74 Å². The summed E-state index contributed by atoms with van der Waals surface area (Å²) in [5.41, 5.74) is 5.65. The molecule has 3 heterocycles. The number of amides is 1. The second-order valence-corrected chi connectivity index (χ2v) is 10.2. The minimum absolute atomic E-state index is 0.0268. The summed E-state index contributed by atoms with van der Waals surface area (Å²) < 4.78 is 8.02. The molecular formula is C27H31N5O2S. The number of carbonyl (C=O) groups excluding carboxylic acids is 1. The molecule has 0 aliphatic carbocycles. The van der Waals surface area contributed by atoms with E-state index in [0.717, 1.165) is 52.5 Å². The molecule has 0 spiro atoms. The molecule has 35 heavy (non-hydrogen) atoms. The number of thioether (sulfide) groups is 1. The summed E-state index contributed by atoms with van der Waals surface area (Å²) in [5, 5.41) is 14.0. The fourth-order valence-electron chi connectivity index (χ4n) is 4.54. The summed E-state index contributed by atoms with van der Waals surface area (Å²) in [7, 11) is 0. The molecule has 0 bridgehead atoms. The number of hydrogen-bond acceptors (Lipinski definition) is 5. The van der Waals surface area contributed by atoms with Gasteiger partial charge in [0.2, 0.25) is 5.91 Å². The van der Waals surface area contributed by atoms with Crippen LogP contribution in [0.5, 0.6) is 0 Å². The van der Waals surface area contributed by atoms with Crippen molar-refractivity contribution in [3.8, 4) is 11.4 Å². The lowest BCUT2D eigenvalue weighted by Crippen LogP contribution is -2.28. The number of benzene rings is 2. The van der Waals surface area contributed by atoms with Crippen LogP contribution in [0, 0.1) is 13.8 Å². The van der Waals surface area contributed by atoms with E-state index >= 15 is 0 Å². The highest BCUT2D eigenvalue weighted by molar-refractivity contribution is 7.99. The summed E-state index contributed by atoms with van der Waals surface area (Å²) in [6.45, 7) is 7.66. The van der Waals surface area contributed by atoms with Crippen LogP contribution in [0.2, 0.25) is 0 Å². The predicted molar refractivity (Wildman–Crippen MR) is 139 cm³/mol. The molecular weight excluding hydrogens is 458 g/mol. The number of H-pyrrole nitrogens is 1. The Labute approximate surface area is 209 Å². The number of aromatic amines is 1. The van der Waals surface area contributed by atoms with Crippen LogP contribution < -0.4 is 5.32 Å². The van der Waals surface area contributed by atoms with Gasteiger partial charge in [-0.15, -0.1) is 10.2 Å². The van der Waals surface area contributed by atoms with Gasteiger partial charge in [-0.1, -0.05) is 48.2 Å². The van der Waals surface area contributed by atoms with Crippen LogP contribution >= 0.6 is 11.8 Å². The third-order valence-electron chi connectivity index (χ3n) is 6.70. The smallest absolute Gasteiger partial charge is 0.230 e. The van der Waals surface area contributed by atoms with Crippen LogP contribution in [-0.2, 0) is 16.1 Å². The highest BCUT2D eigenvalue weighted by Gasteiger charge is 2.23. The zero-order valence-corrected chi connectivity index (χ0v) is 21.2.